The first kappa shape index (κ1) is 15.1. The highest BCUT2D eigenvalue weighted by molar-refractivity contribution is 7.88. The van der Waals surface area contributed by atoms with Crippen molar-refractivity contribution in [3.63, 3.8) is 0 Å². The standard InChI is InChI=1S/C15H25N3O2S/c1-21(19,20)18-9-2-4-13(12-18)11-17-8-3-5-15(17)10-16-14-6-7-14/h3,5,8,13-14,16H,2,4,6-7,9-12H2,1H3. The Morgan fingerprint density at radius 3 is 2.86 bits per heavy atom. The molecule has 6 heteroatoms. The van der Waals surface area contributed by atoms with Gasteiger partial charge >= 0.3 is 0 Å². The van der Waals surface area contributed by atoms with Gasteiger partial charge in [0.05, 0.1) is 6.26 Å². The Kier molecular flexibility index (Phi) is 4.38. The number of nitrogens with zero attached hydrogens (tertiary/aromatic N) is 2. The Morgan fingerprint density at radius 2 is 2.14 bits per heavy atom. The van der Waals surface area contributed by atoms with E-state index in [0.29, 0.717) is 25.0 Å². The number of hydrogen-bond acceptors (Lipinski definition) is 3. The van der Waals surface area contributed by atoms with Crippen molar-refractivity contribution in [3.05, 3.63) is 24.0 Å². The minimum Gasteiger partial charge on any atom is -0.350 e. The van der Waals surface area contributed by atoms with Crippen molar-refractivity contribution in [2.45, 2.75) is 44.8 Å². The summed E-state index contributed by atoms with van der Waals surface area (Å²) in [4.78, 5) is 0. The minimum absolute atomic E-state index is 0.417. The summed E-state index contributed by atoms with van der Waals surface area (Å²) in [6.07, 6.45) is 8.10. The number of aromatic nitrogens is 1. The van der Waals surface area contributed by atoms with Crippen LogP contribution in [0.1, 0.15) is 31.4 Å². The summed E-state index contributed by atoms with van der Waals surface area (Å²) < 4.78 is 27.3. The van der Waals surface area contributed by atoms with E-state index < -0.39 is 10.0 Å². The molecule has 2 heterocycles. The van der Waals surface area contributed by atoms with Crippen LogP contribution < -0.4 is 5.32 Å². The molecule has 0 bridgehead atoms. The third-order valence-corrected chi connectivity index (χ3v) is 5.75. The van der Waals surface area contributed by atoms with Gasteiger partial charge in [-0.2, -0.15) is 0 Å². The maximum Gasteiger partial charge on any atom is 0.211 e. The minimum atomic E-state index is -3.05. The first-order valence-corrected chi connectivity index (χ1v) is 9.70. The van der Waals surface area contributed by atoms with E-state index in [1.807, 2.05) is 0 Å². The molecule has 1 N–H and O–H groups in total. The van der Waals surface area contributed by atoms with Gasteiger partial charge in [0.1, 0.15) is 0 Å². The van der Waals surface area contributed by atoms with Crippen molar-refractivity contribution in [1.82, 2.24) is 14.2 Å². The molecule has 1 atom stereocenters. The van der Waals surface area contributed by atoms with Gasteiger partial charge in [0.2, 0.25) is 10.0 Å². The summed E-state index contributed by atoms with van der Waals surface area (Å²) in [6.45, 7) is 3.17. The van der Waals surface area contributed by atoms with E-state index in [1.54, 1.807) is 4.31 Å². The van der Waals surface area contributed by atoms with E-state index >= 15 is 0 Å². The molecular weight excluding hydrogens is 286 g/mol. The summed E-state index contributed by atoms with van der Waals surface area (Å²) in [5.41, 5.74) is 1.30. The molecule has 1 aromatic heterocycles. The molecule has 1 saturated carbocycles. The molecule has 1 unspecified atom stereocenters. The van der Waals surface area contributed by atoms with Crippen LogP contribution in [0, 0.1) is 5.92 Å². The quantitative estimate of drug-likeness (QED) is 0.864. The van der Waals surface area contributed by atoms with Crippen molar-refractivity contribution < 1.29 is 8.42 Å². The third-order valence-electron chi connectivity index (χ3n) is 4.48. The summed E-state index contributed by atoms with van der Waals surface area (Å²) in [6, 6.07) is 4.96. The van der Waals surface area contributed by atoms with E-state index in [4.69, 9.17) is 0 Å². The lowest BCUT2D eigenvalue weighted by Crippen LogP contribution is -2.40. The topological polar surface area (TPSA) is 54.3 Å². The van der Waals surface area contributed by atoms with Crippen LogP contribution in [-0.4, -0.2) is 42.7 Å². The maximum atomic E-state index is 11.7. The molecule has 0 radical (unpaired) electrons. The van der Waals surface area contributed by atoms with Gasteiger partial charge in [-0.05, 0) is 43.7 Å². The number of sulfonamides is 1. The fraction of sp³-hybridized carbons (Fsp3) is 0.733. The van der Waals surface area contributed by atoms with Crippen LogP contribution in [0.25, 0.3) is 0 Å². The number of rotatable bonds is 6. The highest BCUT2D eigenvalue weighted by atomic mass is 32.2. The molecule has 3 rings (SSSR count). The molecule has 2 aliphatic rings. The average molecular weight is 311 g/mol. The van der Waals surface area contributed by atoms with Crippen LogP contribution in [-0.2, 0) is 23.1 Å². The van der Waals surface area contributed by atoms with Crippen LogP contribution >= 0.6 is 0 Å². The Balaban J connectivity index is 1.59. The van der Waals surface area contributed by atoms with Gasteiger partial charge in [-0.15, -0.1) is 0 Å². The van der Waals surface area contributed by atoms with Gasteiger partial charge in [-0.25, -0.2) is 12.7 Å². The van der Waals surface area contributed by atoms with E-state index in [1.165, 1.54) is 24.8 Å². The second-order valence-corrected chi connectivity index (χ2v) is 8.42. The lowest BCUT2D eigenvalue weighted by molar-refractivity contribution is 0.245. The molecule has 2 fully saturated rings. The molecule has 21 heavy (non-hydrogen) atoms. The molecule has 5 nitrogen and oxygen atoms in total. The first-order chi connectivity index (χ1) is 10.0. The van der Waals surface area contributed by atoms with Crippen LogP contribution in [0.4, 0.5) is 0 Å². The fourth-order valence-electron chi connectivity index (χ4n) is 3.08. The van der Waals surface area contributed by atoms with Crippen LogP contribution in [0.3, 0.4) is 0 Å². The average Bonchev–Trinajstić information content (AvgIpc) is 3.17. The zero-order valence-corrected chi connectivity index (χ0v) is 13.5. The van der Waals surface area contributed by atoms with Gasteiger partial charge < -0.3 is 9.88 Å². The SMILES string of the molecule is CS(=O)(=O)N1CCCC(Cn2cccc2CNC2CC2)C1. The summed E-state index contributed by atoms with van der Waals surface area (Å²) in [5.74, 6) is 0.417. The molecule has 0 aromatic carbocycles. The zero-order valence-electron chi connectivity index (χ0n) is 12.7. The molecule has 1 aliphatic carbocycles. The van der Waals surface area contributed by atoms with Gasteiger partial charge in [0, 0.05) is 44.1 Å². The van der Waals surface area contributed by atoms with Crippen molar-refractivity contribution in [2.24, 2.45) is 5.92 Å². The van der Waals surface area contributed by atoms with Crippen molar-refractivity contribution in [3.8, 4) is 0 Å². The zero-order chi connectivity index (χ0) is 14.9. The van der Waals surface area contributed by atoms with Gasteiger partial charge in [-0.1, -0.05) is 0 Å². The summed E-state index contributed by atoms with van der Waals surface area (Å²) >= 11 is 0. The molecule has 1 saturated heterocycles. The van der Waals surface area contributed by atoms with Crippen molar-refractivity contribution in [2.75, 3.05) is 19.3 Å². The lowest BCUT2D eigenvalue weighted by atomic mass is 9.99. The van der Waals surface area contributed by atoms with Gasteiger partial charge in [-0.3, -0.25) is 0 Å². The number of nitrogens with one attached hydrogen (secondary N) is 1. The van der Waals surface area contributed by atoms with E-state index in [9.17, 15) is 8.42 Å². The molecule has 1 aromatic rings. The van der Waals surface area contributed by atoms with Gasteiger partial charge in [0.15, 0.2) is 0 Å². The molecule has 0 amide bonds. The highest BCUT2D eigenvalue weighted by Crippen LogP contribution is 2.22. The van der Waals surface area contributed by atoms with Crippen molar-refractivity contribution in [1.29, 1.82) is 0 Å². The van der Waals surface area contributed by atoms with E-state index in [-0.39, 0.29) is 0 Å². The second kappa shape index (κ2) is 6.10. The predicted octanol–water partition coefficient (Wildman–Crippen LogP) is 1.41. The van der Waals surface area contributed by atoms with Crippen LogP contribution in [0.5, 0.6) is 0 Å². The number of hydrogen-bond donors (Lipinski definition) is 1. The normalized spacial score (nSPS) is 24.3. The lowest BCUT2D eigenvalue weighted by Gasteiger charge is -2.31. The molecule has 1 aliphatic heterocycles. The molecule has 118 valence electrons. The molecular formula is C15H25N3O2S. The Labute approximate surface area is 127 Å². The molecule has 0 spiro atoms. The van der Waals surface area contributed by atoms with E-state index in [0.717, 1.165) is 25.9 Å². The second-order valence-electron chi connectivity index (χ2n) is 6.44. The number of piperidine rings is 1. The van der Waals surface area contributed by atoms with Crippen molar-refractivity contribution >= 4 is 10.0 Å². The Morgan fingerprint density at radius 1 is 1.33 bits per heavy atom. The highest BCUT2D eigenvalue weighted by Gasteiger charge is 2.26. The Bertz CT molecular complexity index is 577. The predicted molar refractivity (Wildman–Crippen MR) is 83.4 cm³/mol. The summed E-state index contributed by atoms with van der Waals surface area (Å²) in [7, 11) is -3.05. The van der Waals surface area contributed by atoms with Crippen LogP contribution in [0.15, 0.2) is 18.3 Å². The van der Waals surface area contributed by atoms with E-state index in [2.05, 4.69) is 28.2 Å². The first-order valence-electron chi connectivity index (χ1n) is 7.85. The largest absolute Gasteiger partial charge is 0.350 e. The van der Waals surface area contributed by atoms with Gasteiger partial charge in [0.25, 0.3) is 0 Å². The monoisotopic (exact) mass is 311 g/mol. The maximum absolute atomic E-state index is 11.7. The third kappa shape index (κ3) is 4.08. The summed E-state index contributed by atoms with van der Waals surface area (Å²) in [5, 5.41) is 3.54. The smallest absolute Gasteiger partial charge is 0.211 e. The van der Waals surface area contributed by atoms with Crippen LogP contribution in [0.2, 0.25) is 0 Å². The Hall–Kier alpha value is -0.850. The fourth-order valence-corrected chi connectivity index (χ4v) is 4.02.